The van der Waals surface area contributed by atoms with Crippen LogP contribution in [0.5, 0.6) is 0 Å². The number of aliphatic hydroxyl groups excluding tert-OH is 1. The number of aliphatic hydroxyl groups is 1. The van der Waals surface area contributed by atoms with Gasteiger partial charge in [-0.1, -0.05) is 11.6 Å². The van der Waals surface area contributed by atoms with E-state index in [0.717, 1.165) is 6.07 Å². The van der Waals surface area contributed by atoms with E-state index in [4.69, 9.17) is 17.3 Å². The van der Waals surface area contributed by atoms with Crippen LogP contribution >= 0.6 is 11.6 Å². The van der Waals surface area contributed by atoms with Gasteiger partial charge in [-0.25, -0.2) is 8.78 Å². The molecular formula is C9H10ClF2NO. The summed E-state index contributed by atoms with van der Waals surface area (Å²) >= 11 is 5.44. The number of hydrogen-bond donors (Lipinski definition) is 2. The molecule has 0 aliphatic heterocycles. The van der Waals surface area contributed by atoms with Crippen LogP contribution in [0.15, 0.2) is 12.1 Å². The highest BCUT2D eigenvalue weighted by Gasteiger charge is 2.18. The zero-order valence-electron chi connectivity index (χ0n) is 7.47. The van der Waals surface area contributed by atoms with Crippen LogP contribution in [0.1, 0.15) is 18.6 Å². The van der Waals surface area contributed by atoms with Crippen LogP contribution in [0.2, 0.25) is 5.02 Å². The van der Waals surface area contributed by atoms with Crippen LogP contribution in [0.3, 0.4) is 0 Å². The van der Waals surface area contributed by atoms with Crippen molar-refractivity contribution >= 4 is 11.6 Å². The van der Waals surface area contributed by atoms with E-state index in [1.54, 1.807) is 0 Å². The van der Waals surface area contributed by atoms with Gasteiger partial charge in [0.05, 0.1) is 11.1 Å². The van der Waals surface area contributed by atoms with Crippen molar-refractivity contribution in [1.29, 1.82) is 0 Å². The molecule has 0 spiro atoms. The highest BCUT2D eigenvalue weighted by atomic mass is 35.5. The van der Waals surface area contributed by atoms with Gasteiger partial charge in [-0.15, -0.1) is 0 Å². The van der Waals surface area contributed by atoms with Crippen molar-refractivity contribution < 1.29 is 13.9 Å². The second kappa shape index (κ2) is 4.21. The maximum Gasteiger partial charge on any atom is 0.144 e. The van der Waals surface area contributed by atoms with Gasteiger partial charge in [-0.05, 0) is 13.0 Å². The minimum absolute atomic E-state index is 0.0913. The summed E-state index contributed by atoms with van der Waals surface area (Å²) in [6.07, 6.45) is -1.19. The van der Waals surface area contributed by atoms with Crippen LogP contribution in [0, 0.1) is 11.6 Å². The number of nitrogens with two attached hydrogens (primary N) is 1. The zero-order valence-corrected chi connectivity index (χ0v) is 8.22. The molecule has 0 amide bonds. The molecule has 0 bridgehead atoms. The maximum atomic E-state index is 13.1. The molecule has 1 rings (SSSR count). The first-order chi connectivity index (χ1) is 6.43. The number of halogens is 3. The minimum Gasteiger partial charge on any atom is -0.387 e. The molecule has 3 N–H and O–H groups in total. The molecule has 0 radical (unpaired) electrons. The molecule has 0 aliphatic rings. The van der Waals surface area contributed by atoms with Gasteiger partial charge in [0.25, 0.3) is 0 Å². The molecule has 0 saturated carbocycles. The van der Waals surface area contributed by atoms with Gasteiger partial charge in [0.1, 0.15) is 11.6 Å². The smallest absolute Gasteiger partial charge is 0.144 e. The molecule has 5 heteroatoms. The molecule has 0 aromatic heterocycles. The summed E-state index contributed by atoms with van der Waals surface area (Å²) in [6, 6.07) is 1.02. The fourth-order valence-electron chi connectivity index (χ4n) is 1.05. The fourth-order valence-corrected chi connectivity index (χ4v) is 1.22. The normalized spacial score (nSPS) is 15.3. The summed E-state index contributed by atoms with van der Waals surface area (Å²) in [5, 5.41) is 9.21. The van der Waals surface area contributed by atoms with E-state index < -0.39 is 23.8 Å². The van der Waals surface area contributed by atoms with E-state index in [2.05, 4.69) is 0 Å². The summed E-state index contributed by atoms with van der Waals surface area (Å²) in [7, 11) is 0. The zero-order chi connectivity index (χ0) is 10.9. The predicted molar refractivity (Wildman–Crippen MR) is 50.0 cm³/mol. The Labute approximate surface area is 85.3 Å². The lowest BCUT2D eigenvalue weighted by atomic mass is 10.0. The second-order valence-corrected chi connectivity index (χ2v) is 3.50. The summed E-state index contributed by atoms with van der Waals surface area (Å²) < 4.78 is 25.9. The van der Waals surface area contributed by atoms with Crippen molar-refractivity contribution in [2.75, 3.05) is 0 Å². The average molecular weight is 222 g/mol. The van der Waals surface area contributed by atoms with Crippen molar-refractivity contribution in [3.8, 4) is 0 Å². The van der Waals surface area contributed by atoms with Crippen molar-refractivity contribution in [3.05, 3.63) is 34.4 Å². The van der Waals surface area contributed by atoms with E-state index in [1.165, 1.54) is 6.92 Å². The third kappa shape index (κ3) is 2.20. The van der Waals surface area contributed by atoms with Gasteiger partial charge in [0, 0.05) is 17.7 Å². The van der Waals surface area contributed by atoms with Gasteiger partial charge >= 0.3 is 0 Å². The molecule has 78 valence electrons. The van der Waals surface area contributed by atoms with Gasteiger partial charge in [-0.2, -0.15) is 0 Å². The maximum absolute atomic E-state index is 13.1. The number of rotatable bonds is 2. The lowest BCUT2D eigenvalue weighted by molar-refractivity contribution is 0.149. The first kappa shape index (κ1) is 11.4. The molecule has 14 heavy (non-hydrogen) atoms. The Balaban J connectivity index is 3.15. The summed E-state index contributed by atoms with van der Waals surface area (Å²) in [6.45, 7) is 1.52. The van der Waals surface area contributed by atoms with Crippen molar-refractivity contribution in [2.24, 2.45) is 5.73 Å². The van der Waals surface area contributed by atoms with Gasteiger partial charge < -0.3 is 10.8 Å². The van der Waals surface area contributed by atoms with E-state index in [9.17, 15) is 13.9 Å². The van der Waals surface area contributed by atoms with Crippen LogP contribution in [0.4, 0.5) is 8.78 Å². The van der Waals surface area contributed by atoms with Crippen LogP contribution < -0.4 is 5.73 Å². The van der Waals surface area contributed by atoms with Crippen molar-refractivity contribution in [2.45, 2.75) is 19.1 Å². The molecule has 0 fully saturated rings. The van der Waals surface area contributed by atoms with E-state index in [1.807, 2.05) is 0 Å². The van der Waals surface area contributed by atoms with Crippen LogP contribution in [-0.4, -0.2) is 11.1 Å². The van der Waals surface area contributed by atoms with Crippen LogP contribution in [0.25, 0.3) is 0 Å². The molecule has 0 heterocycles. The molecule has 2 nitrogen and oxygen atoms in total. The van der Waals surface area contributed by atoms with E-state index >= 15 is 0 Å². The second-order valence-electron chi connectivity index (χ2n) is 3.09. The number of benzene rings is 1. The molecule has 1 aromatic carbocycles. The number of hydrogen-bond acceptors (Lipinski definition) is 2. The molecule has 0 saturated heterocycles. The van der Waals surface area contributed by atoms with E-state index in [-0.39, 0.29) is 10.6 Å². The molecule has 2 unspecified atom stereocenters. The fraction of sp³-hybridized carbons (Fsp3) is 0.333. The Hall–Kier alpha value is -0.710. The monoisotopic (exact) mass is 221 g/mol. The minimum atomic E-state index is -1.19. The standard InChI is InChI=1S/C9H10ClF2NO/c1-4(13)9(14)5-2-6(10)8(12)3-7(5)11/h2-4,9,14H,13H2,1H3. The summed E-state index contributed by atoms with van der Waals surface area (Å²) in [5.41, 5.74) is 5.28. The Kier molecular flexibility index (Phi) is 3.42. The van der Waals surface area contributed by atoms with Crippen molar-refractivity contribution in [3.63, 3.8) is 0 Å². The molecule has 2 atom stereocenters. The molecular weight excluding hydrogens is 212 g/mol. The van der Waals surface area contributed by atoms with Gasteiger partial charge in [0.15, 0.2) is 0 Å². The highest BCUT2D eigenvalue weighted by molar-refractivity contribution is 6.30. The Morgan fingerprint density at radius 1 is 1.36 bits per heavy atom. The summed E-state index contributed by atoms with van der Waals surface area (Å²) in [5.74, 6) is -1.71. The first-order valence-corrected chi connectivity index (χ1v) is 4.39. The predicted octanol–water partition coefficient (Wildman–Crippen LogP) is 2.00. The lowest BCUT2D eigenvalue weighted by Crippen LogP contribution is -2.25. The van der Waals surface area contributed by atoms with Gasteiger partial charge in [-0.3, -0.25) is 0 Å². The SMILES string of the molecule is CC(N)C(O)c1cc(Cl)c(F)cc1F. The third-order valence-electron chi connectivity index (χ3n) is 1.86. The van der Waals surface area contributed by atoms with Gasteiger partial charge in [0.2, 0.25) is 0 Å². The highest BCUT2D eigenvalue weighted by Crippen LogP contribution is 2.25. The lowest BCUT2D eigenvalue weighted by Gasteiger charge is -2.15. The summed E-state index contributed by atoms with van der Waals surface area (Å²) in [4.78, 5) is 0. The van der Waals surface area contributed by atoms with Crippen LogP contribution in [-0.2, 0) is 0 Å². The Bertz CT molecular complexity index is 344. The van der Waals surface area contributed by atoms with E-state index in [0.29, 0.717) is 6.07 Å². The Morgan fingerprint density at radius 2 is 1.93 bits per heavy atom. The molecule has 1 aromatic rings. The average Bonchev–Trinajstić information content (AvgIpc) is 2.10. The first-order valence-electron chi connectivity index (χ1n) is 4.01. The topological polar surface area (TPSA) is 46.2 Å². The largest absolute Gasteiger partial charge is 0.387 e. The third-order valence-corrected chi connectivity index (χ3v) is 2.15. The molecule has 0 aliphatic carbocycles. The Morgan fingerprint density at radius 3 is 2.43 bits per heavy atom. The quantitative estimate of drug-likeness (QED) is 0.751. The van der Waals surface area contributed by atoms with Crippen molar-refractivity contribution in [1.82, 2.24) is 0 Å².